The molecule has 29 heavy (non-hydrogen) atoms. The van der Waals surface area contributed by atoms with E-state index in [4.69, 9.17) is 9.47 Å². The van der Waals surface area contributed by atoms with Crippen LogP contribution in [0.5, 0.6) is 11.5 Å². The first-order chi connectivity index (χ1) is 14.0. The van der Waals surface area contributed by atoms with Crippen LogP contribution in [0.2, 0.25) is 0 Å². The van der Waals surface area contributed by atoms with Gasteiger partial charge >= 0.3 is 0 Å². The molecule has 0 fully saturated rings. The lowest BCUT2D eigenvalue weighted by atomic mass is 9.85. The van der Waals surface area contributed by atoms with Gasteiger partial charge in [-0.3, -0.25) is 9.59 Å². The first-order valence-electron chi connectivity index (χ1n) is 9.41. The van der Waals surface area contributed by atoms with Crippen LogP contribution in [0, 0.1) is 13.8 Å². The normalized spacial score (nSPS) is 17.0. The number of benzene rings is 2. The number of ether oxygens (including phenoxy) is 2. The number of aromatic nitrogens is 2. The van der Waals surface area contributed by atoms with Gasteiger partial charge in [0.05, 0.1) is 17.3 Å². The summed E-state index contributed by atoms with van der Waals surface area (Å²) in [6.07, 6.45) is 0.0840. The van der Waals surface area contributed by atoms with Crippen molar-refractivity contribution in [1.29, 1.82) is 0 Å². The number of nitrogens with one attached hydrogen (secondary N) is 1. The summed E-state index contributed by atoms with van der Waals surface area (Å²) in [6, 6.07) is 13.0. The number of ketones is 1. The molecule has 0 saturated carbocycles. The number of aryl methyl sites for hydroxylation is 2. The van der Waals surface area contributed by atoms with E-state index < -0.39 is 5.92 Å². The highest BCUT2D eigenvalue weighted by molar-refractivity contribution is 6.08. The van der Waals surface area contributed by atoms with Crippen LogP contribution in [-0.4, -0.2) is 28.3 Å². The molecule has 1 atom stereocenters. The van der Waals surface area contributed by atoms with Crippen LogP contribution in [0.25, 0.3) is 5.69 Å². The molecule has 0 spiro atoms. The molecular weight excluding hydrogens is 370 g/mol. The summed E-state index contributed by atoms with van der Waals surface area (Å²) in [5.74, 6) is 0.784. The molecule has 0 radical (unpaired) electrons. The van der Waals surface area contributed by atoms with Gasteiger partial charge in [0.15, 0.2) is 17.3 Å². The van der Waals surface area contributed by atoms with Crippen LogP contribution in [0.1, 0.15) is 39.5 Å². The number of nitrogens with zero attached hydrogens (tertiary/aromatic N) is 2. The molecule has 1 aromatic heterocycles. The van der Waals surface area contributed by atoms with Crippen molar-refractivity contribution in [2.24, 2.45) is 0 Å². The Morgan fingerprint density at radius 3 is 2.66 bits per heavy atom. The zero-order valence-electron chi connectivity index (χ0n) is 16.1. The second kappa shape index (κ2) is 6.48. The zero-order chi connectivity index (χ0) is 20.1. The standard InChI is InChI=1S/C22H19N3O4/c1-12-3-6-15(7-4-12)25-22-20(13(2)24-25)16(10-19(26)23-22)21(27)14-5-8-17-18(9-14)29-11-28-17/h3-9,16H,10-11H2,1-2H3,(H,23,26). The molecule has 0 saturated heterocycles. The summed E-state index contributed by atoms with van der Waals surface area (Å²) in [4.78, 5) is 25.8. The fourth-order valence-electron chi connectivity index (χ4n) is 3.89. The highest BCUT2D eigenvalue weighted by Gasteiger charge is 2.36. The van der Waals surface area contributed by atoms with Gasteiger partial charge in [0.2, 0.25) is 12.7 Å². The van der Waals surface area contributed by atoms with E-state index in [9.17, 15) is 9.59 Å². The third-order valence-electron chi connectivity index (χ3n) is 5.35. The molecular formula is C22H19N3O4. The molecule has 146 valence electrons. The number of carbonyl (C=O) groups excluding carboxylic acids is 2. The van der Waals surface area contributed by atoms with Crippen molar-refractivity contribution in [3.8, 4) is 17.2 Å². The number of hydrogen-bond donors (Lipinski definition) is 1. The minimum Gasteiger partial charge on any atom is -0.454 e. The van der Waals surface area contributed by atoms with Crippen LogP contribution in [-0.2, 0) is 4.79 Å². The third-order valence-corrected chi connectivity index (χ3v) is 5.35. The Kier molecular flexibility index (Phi) is 3.91. The number of amides is 1. The molecule has 3 heterocycles. The van der Waals surface area contributed by atoms with E-state index in [1.54, 1.807) is 22.9 Å². The molecule has 2 aliphatic heterocycles. The molecule has 2 aromatic carbocycles. The van der Waals surface area contributed by atoms with Crippen LogP contribution in [0.3, 0.4) is 0 Å². The number of fused-ring (bicyclic) bond motifs is 2. The van der Waals surface area contributed by atoms with E-state index in [1.807, 2.05) is 38.1 Å². The maximum atomic E-state index is 13.3. The van der Waals surface area contributed by atoms with E-state index in [0.717, 1.165) is 22.5 Å². The lowest BCUT2D eigenvalue weighted by molar-refractivity contribution is -0.116. The Morgan fingerprint density at radius 1 is 1.10 bits per heavy atom. The van der Waals surface area contributed by atoms with E-state index in [-0.39, 0.29) is 24.9 Å². The number of anilines is 1. The lowest BCUT2D eigenvalue weighted by Gasteiger charge is -2.23. The SMILES string of the molecule is Cc1ccc(-n2nc(C)c3c2NC(=O)CC3C(=O)c2ccc3c(c2)OCO3)cc1. The topological polar surface area (TPSA) is 82.5 Å². The third kappa shape index (κ3) is 2.86. The predicted octanol–water partition coefficient (Wildman–Crippen LogP) is 3.53. The van der Waals surface area contributed by atoms with E-state index in [0.29, 0.717) is 22.9 Å². The van der Waals surface area contributed by atoms with E-state index in [2.05, 4.69) is 10.4 Å². The van der Waals surface area contributed by atoms with Gasteiger partial charge in [-0.25, -0.2) is 4.68 Å². The van der Waals surface area contributed by atoms with E-state index >= 15 is 0 Å². The molecule has 7 heteroatoms. The number of hydrogen-bond acceptors (Lipinski definition) is 5. The van der Waals surface area contributed by atoms with Gasteiger partial charge in [-0.05, 0) is 44.2 Å². The number of rotatable bonds is 3. The minimum atomic E-state index is -0.599. The summed E-state index contributed by atoms with van der Waals surface area (Å²) in [5, 5.41) is 7.52. The second-order valence-electron chi connectivity index (χ2n) is 7.33. The molecule has 1 N–H and O–H groups in total. The highest BCUT2D eigenvalue weighted by atomic mass is 16.7. The van der Waals surface area contributed by atoms with Crippen molar-refractivity contribution in [1.82, 2.24) is 9.78 Å². The summed E-state index contributed by atoms with van der Waals surface area (Å²) < 4.78 is 12.4. The highest BCUT2D eigenvalue weighted by Crippen LogP contribution is 2.40. The van der Waals surface area contributed by atoms with Crippen LogP contribution in [0.4, 0.5) is 5.82 Å². The Labute approximate surface area is 167 Å². The molecule has 0 bridgehead atoms. The molecule has 1 amide bonds. The first kappa shape index (κ1) is 17.5. The maximum Gasteiger partial charge on any atom is 0.231 e. The number of carbonyl (C=O) groups is 2. The monoisotopic (exact) mass is 389 g/mol. The van der Waals surface area contributed by atoms with Crippen molar-refractivity contribution >= 4 is 17.5 Å². The van der Waals surface area contributed by atoms with Crippen molar-refractivity contribution in [2.75, 3.05) is 12.1 Å². The van der Waals surface area contributed by atoms with Gasteiger partial charge in [0.25, 0.3) is 0 Å². The predicted molar refractivity (Wildman–Crippen MR) is 106 cm³/mol. The van der Waals surface area contributed by atoms with Crippen molar-refractivity contribution < 1.29 is 19.1 Å². The molecule has 1 unspecified atom stereocenters. The van der Waals surface area contributed by atoms with Gasteiger partial charge in [-0.15, -0.1) is 0 Å². The van der Waals surface area contributed by atoms with Gasteiger partial charge in [0.1, 0.15) is 5.82 Å². The molecule has 2 aliphatic rings. The van der Waals surface area contributed by atoms with Gasteiger partial charge in [-0.2, -0.15) is 5.10 Å². The fraction of sp³-hybridized carbons (Fsp3) is 0.227. The first-order valence-corrected chi connectivity index (χ1v) is 9.41. The molecule has 0 aliphatic carbocycles. The minimum absolute atomic E-state index is 0.0840. The Bertz CT molecular complexity index is 1150. The molecule has 3 aromatic rings. The quantitative estimate of drug-likeness (QED) is 0.693. The van der Waals surface area contributed by atoms with Crippen molar-refractivity contribution in [3.05, 3.63) is 64.8 Å². The van der Waals surface area contributed by atoms with Gasteiger partial charge in [-0.1, -0.05) is 17.7 Å². The zero-order valence-corrected chi connectivity index (χ0v) is 16.1. The van der Waals surface area contributed by atoms with Crippen LogP contribution >= 0.6 is 0 Å². The Hall–Kier alpha value is -3.61. The molecule has 7 nitrogen and oxygen atoms in total. The molecule has 5 rings (SSSR count). The summed E-state index contributed by atoms with van der Waals surface area (Å²) in [5.41, 5.74) is 3.93. The summed E-state index contributed by atoms with van der Waals surface area (Å²) in [6.45, 7) is 4.02. The average Bonchev–Trinajstić information content (AvgIpc) is 3.31. The Morgan fingerprint density at radius 2 is 1.86 bits per heavy atom. The number of Topliss-reactive ketones (excluding diaryl/α,β-unsaturated/α-hetero) is 1. The van der Waals surface area contributed by atoms with Crippen LogP contribution in [0.15, 0.2) is 42.5 Å². The van der Waals surface area contributed by atoms with Gasteiger partial charge in [0, 0.05) is 17.5 Å². The maximum absolute atomic E-state index is 13.3. The van der Waals surface area contributed by atoms with Gasteiger partial charge < -0.3 is 14.8 Å². The Balaban J connectivity index is 1.58. The summed E-state index contributed by atoms with van der Waals surface area (Å²) >= 11 is 0. The van der Waals surface area contributed by atoms with E-state index in [1.165, 1.54) is 0 Å². The largest absolute Gasteiger partial charge is 0.454 e. The second-order valence-corrected chi connectivity index (χ2v) is 7.33. The average molecular weight is 389 g/mol. The smallest absolute Gasteiger partial charge is 0.231 e. The fourth-order valence-corrected chi connectivity index (χ4v) is 3.89. The van der Waals surface area contributed by atoms with Crippen LogP contribution < -0.4 is 14.8 Å². The van der Waals surface area contributed by atoms with Crippen molar-refractivity contribution in [2.45, 2.75) is 26.2 Å². The lowest BCUT2D eigenvalue weighted by Crippen LogP contribution is -2.28. The summed E-state index contributed by atoms with van der Waals surface area (Å²) in [7, 11) is 0. The van der Waals surface area contributed by atoms with Crippen molar-refractivity contribution in [3.63, 3.8) is 0 Å².